The lowest BCUT2D eigenvalue weighted by atomic mass is 9.83. The maximum Gasteiger partial charge on any atom is 0.222 e. The van der Waals surface area contributed by atoms with E-state index < -0.39 is 0 Å². The first kappa shape index (κ1) is 22.4. The standard InChI is InChI=1S/C20H40N2O3/c1-6-8-20(4,5)9-7-12-24-13-10-22-11-14-25-18(16-22)15-21-19(23)17(2)3/h17-18H,6-16H2,1-5H3,(H,21,23)/t18-/m1/s1. The Hall–Kier alpha value is -0.650. The van der Waals surface area contributed by atoms with Crippen molar-refractivity contribution in [2.75, 3.05) is 46.0 Å². The Labute approximate surface area is 154 Å². The summed E-state index contributed by atoms with van der Waals surface area (Å²) in [6.07, 6.45) is 5.00. The Balaban J connectivity index is 2.09. The van der Waals surface area contributed by atoms with Gasteiger partial charge in [0.1, 0.15) is 0 Å². The summed E-state index contributed by atoms with van der Waals surface area (Å²) in [6.45, 7) is 16.5. The van der Waals surface area contributed by atoms with Crippen molar-refractivity contribution in [3.8, 4) is 0 Å². The van der Waals surface area contributed by atoms with Gasteiger partial charge in [-0.2, -0.15) is 0 Å². The van der Waals surface area contributed by atoms with Crippen LogP contribution in [0.4, 0.5) is 0 Å². The van der Waals surface area contributed by atoms with E-state index in [0.717, 1.165) is 45.9 Å². The van der Waals surface area contributed by atoms with E-state index in [-0.39, 0.29) is 17.9 Å². The molecule has 0 saturated carbocycles. The van der Waals surface area contributed by atoms with E-state index >= 15 is 0 Å². The molecule has 1 atom stereocenters. The van der Waals surface area contributed by atoms with Gasteiger partial charge in [0.25, 0.3) is 0 Å². The van der Waals surface area contributed by atoms with Crippen LogP contribution >= 0.6 is 0 Å². The van der Waals surface area contributed by atoms with Crippen LogP contribution in [0.3, 0.4) is 0 Å². The number of nitrogens with one attached hydrogen (secondary N) is 1. The SMILES string of the molecule is CCCC(C)(C)CCCOCCN1CCO[C@H](CNC(=O)C(C)C)C1. The molecule has 1 fully saturated rings. The molecule has 1 amide bonds. The van der Waals surface area contributed by atoms with Crippen molar-refractivity contribution in [2.45, 2.75) is 66.4 Å². The predicted octanol–water partition coefficient (Wildman–Crippen LogP) is 3.08. The second kappa shape index (κ2) is 11.9. The maximum atomic E-state index is 11.7. The smallest absolute Gasteiger partial charge is 0.222 e. The van der Waals surface area contributed by atoms with Gasteiger partial charge in [0.2, 0.25) is 5.91 Å². The fourth-order valence-electron chi connectivity index (χ4n) is 3.28. The molecular weight excluding hydrogens is 316 g/mol. The summed E-state index contributed by atoms with van der Waals surface area (Å²) in [4.78, 5) is 14.0. The van der Waals surface area contributed by atoms with Crippen molar-refractivity contribution in [1.82, 2.24) is 10.2 Å². The van der Waals surface area contributed by atoms with E-state index in [1.165, 1.54) is 19.3 Å². The molecule has 1 saturated heterocycles. The van der Waals surface area contributed by atoms with Crippen LogP contribution in [-0.2, 0) is 14.3 Å². The van der Waals surface area contributed by atoms with Gasteiger partial charge < -0.3 is 14.8 Å². The molecule has 1 aliphatic heterocycles. The van der Waals surface area contributed by atoms with Gasteiger partial charge in [0.15, 0.2) is 0 Å². The Morgan fingerprint density at radius 3 is 2.76 bits per heavy atom. The molecule has 0 radical (unpaired) electrons. The lowest BCUT2D eigenvalue weighted by Gasteiger charge is -2.33. The van der Waals surface area contributed by atoms with Crippen molar-refractivity contribution >= 4 is 5.91 Å². The Morgan fingerprint density at radius 2 is 2.08 bits per heavy atom. The van der Waals surface area contributed by atoms with Crippen LogP contribution in [0.2, 0.25) is 0 Å². The average Bonchev–Trinajstić information content (AvgIpc) is 2.56. The van der Waals surface area contributed by atoms with E-state index in [4.69, 9.17) is 9.47 Å². The molecular formula is C20H40N2O3. The minimum Gasteiger partial charge on any atom is -0.380 e. The number of amides is 1. The highest BCUT2D eigenvalue weighted by Crippen LogP contribution is 2.27. The summed E-state index contributed by atoms with van der Waals surface area (Å²) in [5.41, 5.74) is 0.440. The summed E-state index contributed by atoms with van der Waals surface area (Å²) < 4.78 is 11.6. The largest absolute Gasteiger partial charge is 0.380 e. The van der Waals surface area contributed by atoms with Gasteiger partial charge in [-0.05, 0) is 24.7 Å². The third-order valence-corrected chi connectivity index (χ3v) is 4.87. The molecule has 1 N–H and O–H groups in total. The first-order chi connectivity index (χ1) is 11.8. The minimum atomic E-state index is 0.0235. The van der Waals surface area contributed by atoms with Gasteiger partial charge in [-0.3, -0.25) is 9.69 Å². The van der Waals surface area contributed by atoms with E-state index in [1.54, 1.807) is 0 Å². The molecule has 1 aliphatic rings. The number of carbonyl (C=O) groups is 1. The van der Waals surface area contributed by atoms with Gasteiger partial charge in [0, 0.05) is 38.7 Å². The molecule has 148 valence electrons. The molecule has 0 aromatic rings. The van der Waals surface area contributed by atoms with Crippen LogP contribution in [0, 0.1) is 11.3 Å². The van der Waals surface area contributed by atoms with Crippen LogP contribution < -0.4 is 5.32 Å². The van der Waals surface area contributed by atoms with Gasteiger partial charge >= 0.3 is 0 Å². The van der Waals surface area contributed by atoms with Crippen molar-refractivity contribution in [3.63, 3.8) is 0 Å². The second-order valence-electron chi connectivity index (χ2n) is 8.32. The summed E-state index contributed by atoms with van der Waals surface area (Å²) in [6, 6.07) is 0. The Bertz CT molecular complexity index is 372. The molecule has 0 aromatic heterocycles. The highest BCUT2D eigenvalue weighted by molar-refractivity contribution is 5.77. The topological polar surface area (TPSA) is 50.8 Å². The molecule has 0 aliphatic carbocycles. The summed E-state index contributed by atoms with van der Waals surface area (Å²) in [7, 11) is 0. The van der Waals surface area contributed by atoms with Gasteiger partial charge in [0.05, 0.1) is 19.3 Å². The fourth-order valence-corrected chi connectivity index (χ4v) is 3.28. The third-order valence-electron chi connectivity index (χ3n) is 4.87. The fraction of sp³-hybridized carbons (Fsp3) is 0.950. The van der Waals surface area contributed by atoms with Crippen LogP contribution in [0.15, 0.2) is 0 Å². The van der Waals surface area contributed by atoms with Gasteiger partial charge in [-0.25, -0.2) is 0 Å². The highest BCUT2D eigenvalue weighted by atomic mass is 16.5. The molecule has 0 unspecified atom stereocenters. The molecule has 1 heterocycles. The zero-order chi connectivity index (χ0) is 18.7. The number of hydrogen-bond acceptors (Lipinski definition) is 4. The number of nitrogens with zero attached hydrogens (tertiary/aromatic N) is 1. The Morgan fingerprint density at radius 1 is 1.32 bits per heavy atom. The molecule has 5 heteroatoms. The minimum absolute atomic E-state index is 0.0235. The first-order valence-corrected chi connectivity index (χ1v) is 10.0. The zero-order valence-electron chi connectivity index (χ0n) is 17.1. The third kappa shape index (κ3) is 10.2. The normalized spacial score (nSPS) is 19.4. The van der Waals surface area contributed by atoms with E-state index in [0.29, 0.717) is 12.0 Å². The number of hydrogen-bond donors (Lipinski definition) is 1. The van der Waals surface area contributed by atoms with Crippen molar-refractivity contribution in [1.29, 1.82) is 0 Å². The first-order valence-electron chi connectivity index (χ1n) is 10.0. The lowest BCUT2D eigenvalue weighted by Crippen LogP contribution is -2.48. The number of carbonyl (C=O) groups excluding carboxylic acids is 1. The second-order valence-corrected chi connectivity index (χ2v) is 8.32. The van der Waals surface area contributed by atoms with Crippen LogP contribution in [0.5, 0.6) is 0 Å². The molecule has 0 bridgehead atoms. The van der Waals surface area contributed by atoms with Crippen LogP contribution in [-0.4, -0.2) is 62.9 Å². The van der Waals surface area contributed by atoms with Crippen molar-refractivity contribution in [2.24, 2.45) is 11.3 Å². The van der Waals surface area contributed by atoms with E-state index in [2.05, 4.69) is 31.0 Å². The summed E-state index contributed by atoms with van der Waals surface area (Å²) in [5.74, 6) is 0.116. The molecule has 5 nitrogen and oxygen atoms in total. The highest BCUT2D eigenvalue weighted by Gasteiger charge is 2.21. The summed E-state index contributed by atoms with van der Waals surface area (Å²) >= 11 is 0. The Kier molecular flexibility index (Phi) is 10.6. The molecule has 0 spiro atoms. The van der Waals surface area contributed by atoms with Crippen LogP contribution in [0.25, 0.3) is 0 Å². The van der Waals surface area contributed by atoms with Crippen molar-refractivity contribution in [3.05, 3.63) is 0 Å². The van der Waals surface area contributed by atoms with E-state index in [1.807, 2.05) is 13.8 Å². The lowest BCUT2D eigenvalue weighted by molar-refractivity contribution is -0.125. The molecule has 0 aromatic carbocycles. The maximum absolute atomic E-state index is 11.7. The van der Waals surface area contributed by atoms with Crippen molar-refractivity contribution < 1.29 is 14.3 Å². The van der Waals surface area contributed by atoms with E-state index in [9.17, 15) is 4.79 Å². The molecule has 25 heavy (non-hydrogen) atoms. The quantitative estimate of drug-likeness (QED) is 0.546. The average molecular weight is 357 g/mol. The predicted molar refractivity (Wildman–Crippen MR) is 103 cm³/mol. The number of ether oxygens (including phenoxy) is 2. The number of rotatable bonds is 12. The summed E-state index contributed by atoms with van der Waals surface area (Å²) in [5, 5.41) is 2.96. The monoisotopic (exact) mass is 356 g/mol. The number of morpholine rings is 1. The molecule has 1 rings (SSSR count). The van der Waals surface area contributed by atoms with Gasteiger partial charge in [-0.1, -0.05) is 41.0 Å². The zero-order valence-corrected chi connectivity index (χ0v) is 17.1. The van der Waals surface area contributed by atoms with Gasteiger partial charge in [-0.15, -0.1) is 0 Å². The van der Waals surface area contributed by atoms with Crippen LogP contribution in [0.1, 0.15) is 60.3 Å².